The Morgan fingerprint density at radius 1 is 1.20 bits per heavy atom. The summed E-state index contributed by atoms with van der Waals surface area (Å²) in [7, 11) is 0. The SMILES string of the molecule is Cc1ccccc1OCC(=O)NCC1CCN(C2CCOCC2)CC1. The summed E-state index contributed by atoms with van der Waals surface area (Å²) in [6.07, 6.45) is 4.65. The number of hydrogen-bond acceptors (Lipinski definition) is 4. The minimum atomic E-state index is -0.0323. The van der Waals surface area contributed by atoms with Crippen molar-refractivity contribution < 1.29 is 14.3 Å². The van der Waals surface area contributed by atoms with Crippen molar-refractivity contribution in [3.05, 3.63) is 29.8 Å². The summed E-state index contributed by atoms with van der Waals surface area (Å²) in [4.78, 5) is 14.6. The lowest BCUT2D eigenvalue weighted by Gasteiger charge is -2.39. The van der Waals surface area contributed by atoms with Crippen LogP contribution in [0, 0.1) is 12.8 Å². The largest absolute Gasteiger partial charge is 0.484 e. The normalized spacial score (nSPS) is 20.4. The molecule has 5 nitrogen and oxygen atoms in total. The second-order valence-electron chi connectivity index (χ2n) is 7.18. The minimum absolute atomic E-state index is 0.0323. The summed E-state index contributed by atoms with van der Waals surface area (Å²) >= 11 is 0. The lowest BCUT2D eigenvalue weighted by atomic mass is 9.94. The molecule has 0 aromatic heterocycles. The fourth-order valence-electron chi connectivity index (χ4n) is 3.74. The van der Waals surface area contributed by atoms with E-state index in [4.69, 9.17) is 9.47 Å². The number of nitrogens with one attached hydrogen (secondary N) is 1. The van der Waals surface area contributed by atoms with Crippen LogP contribution in [-0.4, -0.2) is 56.3 Å². The van der Waals surface area contributed by atoms with Crippen molar-refractivity contribution in [2.45, 2.75) is 38.6 Å². The molecule has 2 fully saturated rings. The number of hydrogen-bond donors (Lipinski definition) is 1. The van der Waals surface area contributed by atoms with Gasteiger partial charge in [0.25, 0.3) is 5.91 Å². The number of amides is 1. The number of rotatable bonds is 6. The zero-order valence-electron chi connectivity index (χ0n) is 15.2. The number of ether oxygens (including phenoxy) is 2. The molecule has 1 amide bonds. The van der Waals surface area contributed by atoms with Crippen LogP contribution in [0.15, 0.2) is 24.3 Å². The first-order chi connectivity index (χ1) is 12.2. The lowest BCUT2D eigenvalue weighted by molar-refractivity contribution is -0.123. The molecule has 138 valence electrons. The van der Waals surface area contributed by atoms with Crippen molar-refractivity contribution in [1.29, 1.82) is 0 Å². The van der Waals surface area contributed by atoms with Crippen LogP contribution in [0.2, 0.25) is 0 Å². The van der Waals surface area contributed by atoms with E-state index in [0.29, 0.717) is 12.0 Å². The van der Waals surface area contributed by atoms with Gasteiger partial charge in [0.15, 0.2) is 6.61 Å². The van der Waals surface area contributed by atoms with E-state index in [-0.39, 0.29) is 12.5 Å². The second-order valence-corrected chi connectivity index (χ2v) is 7.18. The fourth-order valence-corrected chi connectivity index (χ4v) is 3.74. The Morgan fingerprint density at radius 2 is 1.92 bits per heavy atom. The highest BCUT2D eigenvalue weighted by Crippen LogP contribution is 2.22. The van der Waals surface area contributed by atoms with Crippen LogP contribution in [0.1, 0.15) is 31.2 Å². The van der Waals surface area contributed by atoms with E-state index in [2.05, 4.69) is 10.2 Å². The average Bonchev–Trinajstić information content (AvgIpc) is 2.67. The molecule has 25 heavy (non-hydrogen) atoms. The Bertz CT molecular complexity index is 550. The molecule has 2 aliphatic heterocycles. The van der Waals surface area contributed by atoms with Crippen LogP contribution >= 0.6 is 0 Å². The maximum atomic E-state index is 12.0. The first kappa shape index (κ1) is 18.2. The number of carbonyl (C=O) groups excluding carboxylic acids is 1. The number of piperidine rings is 1. The maximum Gasteiger partial charge on any atom is 0.257 e. The van der Waals surface area contributed by atoms with E-state index in [1.54, 1.807) is 0 Å². The highest BCUT2D eigenvalue weighted by molar-refractivity contribution is 5.77. The van der Waals surface area contributed by atoms with Crippen LogP contribution in [0.25, 0.3) is 0 Å². The van der Waals surface area contributed by atoms with Gasteiger partial charge in [-0.3, -0.25) is 4.79 Å². The van der Waals surface area contributed by atoms with E-state index in [1.165, 1.54) is 0 Å². The van der Waals surface area contributed by atoms with Crippen molar-refractivity contribution in [2.75, 3.05) is 39.5 Å². The molecule has 1 aromatic rings. The van der Waals surface area contributed by atoms with Gasteiger partial charge < -0.3 is 19.7 Å². The molecule has 0 unspecified atom stereocenters. The van der Waals surface area contributed by atoms with E-state index >= 15 is 0 Å². The summed E-state index contributed by atoms with van der Waals surface area (Å²) in [5.74, 6) is 1.33. The number of carbonyl (C=O) groups is 1. The molecule has 0 saturated carbocycles. The van der Waals surface area contributed by atoms with Gasteiger partial charge in [0, 0.05) is 25.8 Å². The zero-order chi connectivity index (χ0) is 17.5. The highest BCUT2D eigenvalue weighted by atomic mass is 16.5. The molecular formula is C20H30N2O3. The molecule has 3 rings (SSSR count). The van der Waals surface area contributed by atoms with Crippen molar-refractivity contribution in [2.24, 2.45) is 5.92 Å². The summed E-state index contributed by atoms with van der Waals surface area (Å²) in [5, 5.41) is 3.03. The zero-order valence-corrected chi connectivity index (χ0v) is 15.2. The van der Waals surface area contributed by atoms with E-state index in [9.17, 15) is 4.79 Å². The van der Waals surface area contributed by atoms with Gasteiger partial charge in [-0.1, -0.05) is 18.2 Å². The molecule has 1 aromatic carbocycles. The lowest BCUT2D eigenvalue weighted by Crippen LogP contribution is -2.46. The Kier molecular flexibility index (Phi) is 6.70. The third kappa shape index (κ3) is 5.44. The summed E-state index contributed by atoms with van der Waals surface area (Å²) in [5.41, 5.74) is 1.05. The number of benzene rings is 1. The van der Waals surface area contributed by atoms with Gasteiger partial charge in [-0.05, 0) is 63.2 Å². The molecule has 1 N–H and O–H groups in total. The second kappa shape index (κ2) is 9.20. The smallest absolute Gasteiger partial charge is 0.257 e. The molecule has 0 radical (unpaired) electrons. The van der Waals surface area contributed by atoms with Crippen molar-refractivity contribution in [3.8, 4) is 5.75 Å². The summed E-state index contributed by atoms with van der Waals surface area (Å²) in [6.45, 7) is 6.93. The van der Waals surface area contributed by atoms with Gasteiger partial charge >= 0.3 is 0 Å². The monoisotopic (exact) mass is 346 g/mol. The van der Waals surface area contributed by atoms with Crippen molar-refractivity contribution >= 4 is 5.91 Å². The van der Waals surface area contributed by atoms with Crippen molar-refractivity contribution in [1.82, 2.24) is 10.2 Å². The predicted molar refractivity (Wildman–Crippen MR) is 97.8 cm³/mol. The Hall–Kier alpha value is -1.59. The average molecular weight is 346 g/mol. The number of aryl methyl sites for hydroxylation is 1. The molecule has 0 aliphatic carbocycles. The van der Waals surface area contributed by atoms with Gasteiger partial charge in [0.05, 0.1) is 0 Å². The van der Waals surface area contributed by atoms with Gasteiger partial charge in [-0.2, -0.15) is 0 Å². The van der Waals surface area contributed by atoms with Gasteiger partial charge in [0.2, 0.25) is 0 Å². The Labute approximate surface area is 150 Å². The van der Waals surface area contributed by atoms with Gasteiger partial charge in [-0.15, -0.1) is 0 Å². The minimum Gasteiger partial charge on any atom is -0.484 e. The van der Waals surface area contributed by atoms with Crippen LogP contribution in [0.3, 0.4) is 0 Å². The van der Waals surface area contributed by atoms with E-state index in [0.717, 1.165) is 69.8 Å². The van der Waals surface area contributed by atoms with Crippen molar-refractivity contribution in [3.63, 3.8) is 0 Å². The third-order valence-electron chi connectivity index (χ3n) is 5.40. The summed E-state index contributed by atoms with van der Waals surface area (Å²) < 4.78 is 11.1. The number of para-hydroxylation sites is 1. The van der Waals surface area contributed by atoms with E-state index in [1.807, 2.05) is 31.2 Å². The van der Waals surface area contributed by atoms with E-state index < -0.39 is 0 Å². The first-order valence-electron chi connectivity index (χ1n) is 9.49. The van der Waals surface area contributed by atoms with Crippen LogP contribution in [-0.2, 0) is 9.53 Å². The molecule has 0 atom stereocenters. The van der Waals surface area contributed by atoms with Gasteiger partial charge in [-0.25, -0.2) is 0 Å². The molecular weight excluding hydrogens is 316 g/mol. The van der Waals surface area contributed by atoms with Crippen LogP contribution in [0.5, 0.6) is 5.75 Å². The fraction of sp³-hybridized carbons (Fsp3) is 0.650. The van der Waals surface area contributed by atoms with Crippen LogP contribution < -0.4 is 10.1 Å². The quantitative estimate of drug-likeness (QED) is 0.859. The third-order valence-corrected chi connectivity index (χ3v) is 5.40. The Balaban J connectivity index is 1.32. The molecule has 0 bridgehead atoms. The number of likely N-dealkylation sites (tertiary alicyclic amines) is 1. The standard InChI is InChI=1S/C20H30N2O3/c1-16-4-2-3-5-19(16)25-15-20(23)21-14-17-6-10-22(11-7-17)18-8-12-24-13-9-18/h2-5,17-18H,6-15H2,1H3,(H,21,23). The maximum absolute atomic E-state index is 12.0. The predicted octanol–water partition coefficient (Wildman–Crippen LogP) is 2.38. The number of nitrogens with zero attached hydrogens (tertiary/aromatic N) is 1. The molecule has 0 spiro atoms. The Morgan fingerprint density at radius 3 is 2.64 bits per heavy atom. The van der Waals surface area contributed by atoms with Gasteiger partial charge in [0.1, 0.15) is 5.75 Å². The molecule has 2 heterocycles. The topological polar surface area (TPSA) is 50.8 Å². The highest BCUT2D eigenvalue weighted by Gasteiger charge is 2.26. The van der Waals surface area contributed by atoms with Crippen LogP contribution in [0.4, 0.5) is 0 Å². The molecule has 5 heteroatoms. The summed E-state index contributed by atoms with van der Waals surface area (Å²) in [6, 6.07) is 8.47. The first-order valence-corrected chi connectivity index (χ1v) is 9.49. The molecule has 2 aliphatic rings. The molecule has 2 saturated heterocycles.